The summed E-state index contributed by atoms with van der Waals surface area (Å²) < 4.78 is 6.90. The third-order valence-corrected chi connectivity index (χ3v) is 4.02. The summed E-state index contributed by atoms with van der Waals surface area (Å²) in [6, 6.07) is 7.31. The predicted octanol–water partition coefficient (Wildman–Crippen LogP) is 3.95. The quantitative estimate of drug-likeness (QED) is 0.629. The molecule has 0 N–H and O–H groups in total. The Labute approximate surface area is 139 Å². The molecule has 0 atom stereocenters. The average Bonchev–Trinajstić information content (AvgIpc) is 3.03. The van der Waals surface area contributed by atoms with Gasteiger partial charge in [0.15, 0.2) is 5.82 Å². The Morgan fingerprint density at radius 3 is 2.91 bits per heavy atom. The molecule has 1 saturated carbocycles. The number of esters is 1. The van der Waals surface area contributed by atoms with Crippen LogP contribution in [0.2, 0.25) is 5.02 Å². The molecule has 0 bridgehead atoms. The van der Waals surface area contributed by atoms with Crippen LogP contribution in [0.3, 0.4) is 0 Å². The van der Waals surface area contributed by atoms with Gasteiger partial charge in [0.05, 0.1) is 0 Å². The summed E-state index contributed by atoms with van der Waals surface area (Å²) >= 11 is 5.96. The van der Waals surface area contributed by atoms with E-state index in [1.54, 1.807) is 24.7 Å². The molecule has 0 unspecified atom stereocenters. The highest BCUT2D eigenvalue weighted by atomic mass is 35.5. The molecule has 6 heteroatoms. The SMILES string of the molecule is O=C(C=Cn1cnc(-c2cccc(Cl)c2)n1)OC1CCCCC1. The molecule has 2 aromatic rings. The van der Waals surface area contributed by atoms with Crippen molar-refractivity contribution in [2.45, 2.75) is 38.2 Å². The Morgan fingerprint density at radius 2 is 2.13 bits per heavy atom. The molecule has 23 heavy (non-hydrogen) atoms. The van der Waals surface area contributed by atoms with Gasteiger partial charge in [-0.15, -0.1) is 5.10 Å². The highest BCUT2D eigenvalue weighted by Crippen LogP contribution is 2.21. The van der Waals surface area contributed by atoms with Gasteiger partial charge >= 0.3 is 5.97 Å². The molecule has 1 aliphatic carbocycles. The normalized spacial score (nSPS) is 15.9. The maximum atomic E-state index is 11.8. The Balaban J connectivity index is 1.60. The first-order valence-corrected chi connectivity index (χ1v) is 8.14. The zero-order valence-electron chi connectivity index (χ0n) is 12.7. The summed E-state index contributed by atoms with van der Waals surface area (Å²) in [5.41, 5.74) is 0.828. The number of hydrogen-bond donors (Lipinski definition) is 0. The van der Waals surface area contributed by atoms with Crippen molar-refractivity contribution in [3.05, 3.63) is 41.7 Å². The Bertz CT molecular complexity index is 705. The molecule has 3 rings (SSSR count). The van der Waals surface area contributed by atoms with Crippen molar-refractivity contribution >= 4 is 23.8 Å². The second-order valence-corrected chi connectivity index (χ2v) is 6.01. The summed E-state index contributed by atoms with van der Waals surface area (Å²) in [6.07, 6.45) is 9.94. The van der Waals surface area contributed by atoms with Gasteiger partial charge in [0.1, 0.15) is 12.4 Å². The first-order chi connectivity index (χ1) is 11.2. The van der Waals surface area contributed by atoms with E-state index in [-0.39, 0.29) is 12.1 Å². The van der Waals surface area contributed by atoms with Crippen LogP contribution in [0.1, 0.15) is 32.1 Å². The molecule has 1 aliphatic rings. The van der Waals surface area contributed by atoms with Crippen LogP contribution in [-0.2, 0) is 9.53 Å². The Morgan fingerprint density at radius 1 is 1.30 bits per heavy atom. The lowest BCUT2D eigenvalue weighted by Gasteiger charge is -2.20. The lowest BCUT2D eigenvalue weighted by atomic mass is 9.98. The predicted molar refractivity (Wildman–Crippen MR) is 88.8 cm³/mol. The van der Waals surface area contributed by atoms with Gasteiger partial charge in [-0.2, -0.15) is 0 Å². The van der Waals surface area contributed by atoms with Gasteiger partial charge in [-0.3, -0.25) is 0 Å². The van der Waals surface area contributed by atoms with Crippen LogP contribution in [0, 0.1) is 0 Å². The van der Waals surface area contributed by atoms with Gasteiger partial charge in [0.25, 0.3) is 0 Å². The minimum absolute atomic E-state index is 0.0543. The van der Waals surface area contributed by atoms with Gasteiger partial charge in [-0.05, 0) is 37.8 Å². The second-order valence-electron chi connectivity index (χ2n) is 5.57. The van der Waals surface area contributed by atoms with Crippen LogP contribution < -0.4 is 0 Å². The Hall–Kier alpha value is -2.14. The fraction of sp³-hybridized carbons (Fsp3) is 0.353. The number of ether oxygens (including phenoxy) is 1. The summed E-state index contributed by atoms with van der Waals surface area (Å²) in [5, 5.41) is 4.92. The molecule has 120 valence electrons. The topological polar surface area (TPSA) is 57.0 Å². The fourth-order valence-electron chi connectivity index (χ4n) is 2.63. The van der Waals surface area contributed by atoms with Gasteiger partial charge in [0.2, 0.25) is 0 Å². The number of carbonyl (C=O) groups excluding carboxylic acids is 1. The van der Waals surface area contributed by atoms with E-state index in [0.29, 0.717) is 10.8 Å². The molecule has 0 radical (unpaired) electrons. The van der Waals surface area contributed by atoms with Crippen molar-refractivity contribution < 1.29 is 9.53 Å². The molecular weight excluding hydrogens is 314 g/mol. The van der Waals surface area contributed by atoms with Crippen molar-refractivity contribution in [1.82, 2.24) is 14.8 Å². The highest BCUT2D eigenvalue weighted by Gasteiger charge is 2.16. The first kappa shape index (κ1) is 15.7. The van der Waals surface area contributed by atoms with Crippen molar-refractivity contribution in [3.63, 3.8) is 0 Å². The summed E-state index contributed by atoms with van der Waals surface area (Å²) in [4.78, 5) is 16.0. The van der Waals surface area contributed by atoms with E-state index in [0.717, 1.165) is 31.2 Å². The fourth-order valence-corrected chi connectivity index (χ4v) is 2.82. The van der Waals surface area contributed by atoms with Crippen LogP contribution >= 0.6 is 11.6 Å². The van der Waals surface area contributed by atoms with Crippen molar-refractivity contribution in [2.75, 3.05) is 0 Å². The molecule has 1 heterocycles. The number of nitrogens with zero attached hydrogens (tertiary/aromatic N) is 3. The first-order valence-electron chi connectivity index (χ1n) is 7.76. The van der Waals surface area contributed by atoms with Crippen LogP contribution in [0.15, 0.2) is 36.7 Å². The van der Waals surface area contributed by atoms with Crippen LogP contribution in [-0.4, -0.2) is 26.8 Å². The van der Waals surface area contributed by atoms with E-state index >= 15 is 0 Å². The lowest BCUT2D eigenvalue weighted by molar-refractivity contribution is -0.144. The third kappa shape index (κ3) is 4.42. The van der Waals surface area contributed by atoms with Crippen LogP contribution in [0.25, 0.3) is 17.6 Å². The molecule has 0 aliphatic heterocycles. The molecule has 5 nitrogen and oxygen atoms in total. The largest absolute Gasteiger partial charge is 0.459 e. The molecule has 0 amide bonds. The molecule has 1 fully saturated rings. The Kier molecular flexibility index (Phi) is 5.08. The zero-order chi connectivity index (χ0) is 16.1. The third-order valence-electron chi connectivity index (χ3n) is 3.79. The minimum atomic E-state index is -0.336. The number of benzene rings is 1. The van der Waals surface area contributed by atoms with E-state index < -0.39 is 0 Å². The van der Waals surface area contributed by atoms with Crippen molar-refractivity contribution in [2.24, 2.45) is 0 Å². The lowest BCUT2D eigenvalue weighted by Crippen LogP contribution is -2.19. The molecule has 1 aromatic carbocycles. The standard InChI is InChI=1S/C17H18ClN3O2/c18-14-6-4-5-13(11-14)17-19-12-21(20-17)10-9-16(22)23-15-7-2-1-3-8-15/h4-6,9-12,15H,1-3,7-8H2. The molecular formula is C17H18ClN3O2. The zero-order valence-corrected chi connectivity index (χ0v) is 13.4. The number of rotatable bonds is 4. The number of hydrogen-bond acceptors (Lipinski definition) is 4. The maximum absolute atomic E-state index is 11.8. The van der Waals surface area contributed by atoms with Crippen LogP contribution in [0.5, 0.6) is 0 Å². The smallest absolute Gasteiger partial charge is 0.332 e. The summed E-state index contributed by atoms with van der Waals surface area (Å²) in [5.74, 6) is 0.217. The monoisotopic (exact) mass is 331 g/mol. The van der Waals surface area contributed by atoms with E-state index in [1.165, 1.54) is 17.2 Å². The molecule has 1 aromatic heterocycles. The van der Waals surface area contributed by atoms with E-state index in [1.807, 2.05) is 12.1 Å². The van der Waals surface area contributed by atoms with Gasteiger partial charge in [-0.25, -0.2) is 14.5 Å². The summed E-state index contributed by atoms with van der Waals surface area (Å²) in [7, 11) is 0. The van der Waals surface area contributed by atoms with Crippen molar-refractivity contribution in [3.8, 4) is 11.4 Å². The van der Waals surface area contributed by atoms with E-state index in [2.05, 4.69) is 10.1 Å². The maximum Gasteiger partial charge on any atom is 0.332 e. The van der Waals surface area contributed by atoms with E-state index in [4.69, 9.17) is 16.3 Å². The van der Waals surface area contributed by atoms with Gasteiger partial charge in [-0.1, -0.05) is 30.2 Å². The van der Waals surface area contributed by atoms with Gasteiger partial charge in [0, 0.05) is 22.9 Å². The van der Waals surface area contributed by atoms with Gasteiger partial charge < -0.3 is 4.74 Å². The summed E-state index contributed by atoms with van der Waals surface area (Å²) in [6.45, 7) is 0. The number of carbonyl (C=O) groups is 1. The molecule has 0 saturated heterocycles. The minimum Gasteiger partial charge on any atom is -0.459 e. The van der Waals surface area contributed by atoms with Crippen molar-refractivity contribution in [1.29, 1.82) is 0 Å². The second kappa shape index (κ2) is 7.42. The van der Waals surface area contributed by atoms with E-state index in [9.17, 15) is 4.79 Å². The highest BCUT2D eigenvalue weighted by molar-refractivity contribution is 6.30. The average molecular weight is 332 g/mol. The molecule has 0 spiro atoms. The number of aromatic nitrogens is 3. The van der Waals surface area contributed by atoms with Crippen LogP contribution in [0.4, 0.5) is 0 Å². The number of halogens is 1.